The minimum atomic E-state index is -0.587. The van der Waals surface area contributed by atoms with Crippen LogP contribution >= 0.6 is 0 Å². The first kappa shape index (κ1) is 25.9. The van der Waals surface area contributed by atoms with Gasteiger partial charge in [-0.2, -0.15) is 0 Å². The highest BCUT2D eigenvalue weighted by atomic mass is 16.5. The number of hydrogen-bond acceptors (Lipinski definition) is 5. The zero-order valence-corrected chi connectivity index (χ0v) is 23.3. The van der Waals surface area contributed by atoms with Crippen molar-refractivity contribution in [2.45, 2.75) is 99.8 Å². The van der Waals surface area contributed by atoms with Gasteiger partial charge in [0.25, 0.3) is 0 Å². The van der Waals surface area contributed by atoms with Gasteiger partial charge < -0.3 is 4.74 Å². The third-order valence-electron chi connectivity index (χ3n) is 12.2. The second-order valence-electron chi connectivity index (χ2n) is 14.4. The molecule has 5 rings (SSSR count). The lowest BCUT2D eigenvalue weighted by molar-refractivity contribution is -0.193. The smallest absolute Gasteiger partial charge is 0.312 e. The molecule has 0 aliphatic heterocycles. The van der Waals surface area contributed by atoms with Gasteiger partial charge in [0, 0.05) is 23.7 Å². The maximum atomic E-state index is 14.3. The van der Waals surface area contributed by atoms with Crippen LogP contribution in [0.15, 0.2) is 11.6 Å². The standard InChI is InChI=1S/C31H44O5/c1-8-36-26(35)31-13-11-27(3,4)16-20(31)24-21(32)15-23-28(5)17-22(33)25(34)18(2)19(28)9-10-29(23,6)30(24,7)12-14-31/h15,18-20,24H,8-14,16-17H2,1-7H3/t18?,19?,20?,24?,28?,29?,30-,31?/m1/s1. The average molecular weight is 497 g/mol. The number of ether oxygens (including phenoxy) is 1. The Morgan fingerprint density at radius 1 is 0.972 bits per heavy atom. The Morgan fingerprint density at radius 2 is 1.64 bits per heavy atom. The summed E-state index contributed by atoms with van der Waals surface area (Å²) in [6.45, 7) is 15.4. The molecule has 0 aromatic heterocycles. The third kappa shape index (κ3) is 3.13. The van der Waals surface area contributed by atoms with Gasteiger partial charge in [-0.15, -0.1) is 0 Å². The molecular weight excluding hydrogens is 452 g/mol. The maximum Gasteiger partial charge on any atom is 0.312 e. The van der Waals surface area contributed by atoms with Crippen LogP contribution in [0.2, 0.25) is 0 Å². The number of allylic oxidation sites excluding steroid dienone is 2. The van der Waals surface area contributed by atoms with Gasteiger partial charge in [-0.1, -0.05) is 47.1 Å². The predicted molar refractivity (Wildman–Crippen MR) is 137 cm³/mol. The summed E-state index contributed by atoms with van der Waals surface area (Å²) in [5.74, 6) is -1.00. The summed E-state index contributed by atoms with van der Waals surface area (Å²) in [5, 5.41) is 0. The summed E-state index contributed by atoms with van der Waals surface area (Å²) in [7, 11) is 0. The first-order valence-electron chi connectivity index (χ1n) is 14.2. The van der Waals surface area contributed by atoms with Crippen LogP contribution in [0.5, 0.6) is 0 Å². The van der Waals surface area contributed by atoms with E-state index >= 15 is 0 Å². The van der Waals surface area contributed by atoms with Crippen molar-refractivity contribution in [3.8, 4) is 0 Å². The van der Waals surface area contributed by atoms with E-state index in [2.05, 4.69) is 34.6 Å². The Morgan fingerprint density at radius 3 is 2.31 bits per heavy atom. The molecule has 0 saturated heterocycles. The monoisotopic (exact) mass is 496 g/mol. The second kappa shape index (κ2) is 7.86. The van der Waals surface area contributed by atoms with E-state index < -0.39 is 10.8 Å². The number of hydrogen-bond donors (Lipinski definition) is 0. The van der Waals surface area contributed by atoms with Crippen molar-refractivity contribution in [2.75, 3.05) is 6.61 Å². The van der Waals surface area contributed by atoms with Crippen molar-refractivity contribution in [1.82, 2.24) is 0 Å². The average Bonchev–Trinajstić information content (AvgIpc) is 2.79. The molecule has 7 unspecified atom stereocenters. The zero-order valence-electron chi connectivity index (χ0n) is 23.3. The SMILES string of the molecule is CCOC(=O)C12CCC(C)(C)CC1C1C(=O)C=C3C4(C)CC(=O)C(=O)C(C)C4CCC3(C)[C@]1(C)CC2. The minimum absolute atomic E-state index is 0.0415. The normalized spacial score (nSPS) is 47.6. The Kier molecular flexibility index (Phi) is 5.65. The topological polar surface area (TPSA) is 77.5 Å². The predicted octanol–water partition coefficient (Wildman–Crippen LogP) is 5.89. The van der Waals surface area contributed by atoms with Gasteiger partial charge in [0.15, 0.2) is 11.6 Å². The molecule has 0 amide bonds. The summed E-state index contributed by atoms with van der Waals surface area (Å²) in [6, 6.07) is 0. The first-order chi connectivity index (χ1) is 16.7. The fourth-order valence-electron chi connectivity index (χ4n) is 9.99. The van der Waals surface area contributed by atoms with Crippen LogP contribution in [-0.4, -0.2) is 29.9 Å². The molecule has 5 heteroatoms. The van der Waals surface area contributed by atoms with Crippen molar-refractivity contribution in [2.24, 2.45) is 50.7 Å². The molecule has 0 N–H and O–H groups in total. The molecule has 5 aliphatic rings. The lowest BCUT2D eigenvalue weighted by atomic mass is 9.34. The largest absolute Gasteiger partial charge is 0.466 e. The molecule has 0 aromatic rings. The molecule has 4 saturated carbocycles. The molecule has 36 heavy (non-hydrogen) atoms. The highest BCUT2D eigenvalue weighted by Gasteiger charge is 2.70. The van der Waals surface area contributed by atoms with Gasteiger partial charge in [-0.3, -0.25) is 19.2 Å². The highest BCUT2D eigenvalue weighted by molar-refractivity contribution is 6.38. The van der Waals surface area contributed by atoms with Gasteiger partial charge in [-0.25, -0.2) is 0 Å². The fourth-order valence-corrected chi connectivity index (χ4v) is 9.99. The Balaban J connectivity index is 1.65. The van der Waals surface area contributed by atoms with Crippen LogP contribution in [-0.2, 0) is 23.9 Å². The fraction of sp³-hybridized carbons (Fsp3) is 0.806. The minimum Gasteiger partial charge on any atom is -0.466 e. The number of carbonyl (C=O) groups excluding carboxylic acids is 4. The molecule has 198 valence electrons. The van der Waals surface area contributed by atoms with E-state index in [4.69, 9.17) is 4.74 Å². The van der Waals surface area contributed by atoms with Gasteiger partial charge in [0.2, 0.25) is 5.78 Å². The number of fused-ring (bicyclic) bond motifs is 7. The zero-order chi connectivity index (χ0) is 26.5. The van der Waals surface area contributed by atoms with E-state index in [-0.39, 0.29) is 69.7 Å². The number of rotatable bonds is 2. The van der Waals surface area contributed by atoms with Gasteiger partial charge >= 0.3 is 5.97 Å². The molecule has 5 nitrogen and oxygen atoms in total. The van der Waals surface area contributed by atoms with Crippen LogP contribution in [0, 0.1) is 50.7 Å². The van der Waals surface area contributed by atoms with Crippen LogP contribution in [0.4, 0.5) is 0 Å². The number of ketones is 3. The van der Waals surface area contributed by atoms with Gasteiger partial charge in [0.1, 0.15) is 0 Å². The Bertz CT molecular complexity index is 1070. The van der Waals surface area contributed by atoms with Crippen LogP contribution in [0.3, 0.4) is 0 Å². The summed E-state index contributed by atoms with van der Waals surface area (Å²) >= 11 is 0. The van der Waals surface area contributed by atoms with E-state index in [0.29, 0.717) is 6.61 Å². The number of carbonyl (C=O) groups is 4. The Hall–Kier alpha value is -1.78. The summed E-state index contributed by atoms with van der Waals surface area (Å²) in [4.78, 5) is 53.2. The molecule has 8 atom stereocenters. The second-order valence-corrected chi connectivity index (χ2v) is 14.4. The third-order valence-corrected chi connectivity index (χ3v) is 12.2. The summed E-state index contributed by atoms with van der Waals surface area (Å²) in [6.07, 6.45) is 8.04. The highest BCUT2D eigenvalue weighted by Crippen LogP contribution is 2.74. The van der Waals surface area contributed by atoms with Crippen molar-refractivity contribution in [3.05, 3.63) is 11.6 Å². The first-order valence-corrected chi connectivity index (χ1v) is 14.2. The van der Waals surface area contributed by atoms with Crippen molar-refractivity contribution in [1.29, 1.82) is 0 Å². The van der Waals surface area contributed by atoms with Crippen LogP contribution < -0.4 is 0 Å². The molecule has 0 heterocycles. The lowest BCUT2D eigenvalue weighted by Gasteiger charge is -2.68. The van der Waals surface area contributed by atoms with Gasteiger partial charge in [0.05, 0.1) is 12.0 Å². The van der Waals surface area contributed by atoms with E-state index in [0.717, 1.165) is 50.5 Å². The quantitative estimate of drug-likeness (QED) is 0.352. The number of Topliss-reactive ketones (excluding diaryl/α,β-unsaturated/α-hetero) is 2. The van der Waals surface area contributed by atoms with Crippen molar-refractivity contribution < 1.29 is 23.9 Å². The summed E-state index contributed by atoms with van der Waals surface area (Å²) in [5.41, 5.74) is -0.442. The molecule has 0 radical (unpaired) electrons. The van der Waals surface area contributed by atoms with Gasteiger partial charge in [-0.05, 0) is 86.0 Å². The van der Waals surface area contributed by atoms with Crippen LogP contribution in [0.25, 0.3) is 0 Å². The van der Waals surface area contributed by atoms with Crippen molar-refractivity contribution in [3.63, 3.8) is 0 Å². The molecule has 0 aromatic carbocycles. The lowest BCUT2D eigenvalue weighted by Crippen LogP contribution is -2.66. The van der Waals surface area contributed by atoms with Crippen molar-refractivity contribution >= 4 is 23.3 Å². The van der Waals surface area contributed by atoms with E-state index in [1.807, 2.05) is 19.9 Å². The van der Waals surface area contributed by atoms with E-state index in [1.54, 1.807) is 0 Å². The Labute approximate surface area is 216 Å². The molecule has 0 spiro atoms. The molecular formula is C31H44O5. The van der Waals surface area contributed by atoms with E-state index in [1.165, 1.54) is 0 Å². The summed E-state index contributed by atoms with van der Waals surface area (Å²) < 4.78 is 5.67. The van der Waals surface area contributed by atoms with E-state index in [9.17, 15) is 19.2 Å². The van der Waals surface area contributed by atoms with Crippen LogP contribution in [0.1, 0.15) is 99.8 Å². The molecule has 4 fully saturated rings. The maximum absolute atomic E-state index is 14.3. The molecule has 0 bridgehead atoms. The molecule has 5 aliphatic carbocycles. The number of esters is 1.